The average Bonchev–Trinajstić information content (AvgIpc) is 2.72. The van der Waals surface area contributed by atoms with Gasteiger partial charge in [-0.2, -0.15) is 13.2 Å². The number of fused-ring (bicyclic) bond motifs is 1. The Hall–Kier alpha value is -2.88. The fourth-order valence-electron chi connectivity index (χ4n) is 3.60. The standard InChI is InChI=1S/C19H20F3N5O2/c1-2-14-16-12(3-4-24-17(16)26-18(28)29-14)13-9-11(19(20,21)22)10-15(25-13)27-7-5-23-6-8-27/h3-4,9-10,14,23H,2,5-8H2,1H3,(H,24,26,28). The summed E-state index contributed by atoms with van der Waals surface area (Å²) in [4.78, 5) is 22.3. The van der Waals surface area contributed by atoms with Gasteiger partial charge in [0.05, 0.1) is 11.3 Å². The van der Waals surface area contributed by atoms with Gasteiger partial charge in [-0.25, -0.2) is 14.8 Å². The van der Waals surface area contributed by atoms with E-state index in [1.165, 1.54) is 6.20 Å². The maximum atomic E-state index is 13.6. The molecule has 2 aliphatic heterocycles. The van der Waals surface area contributed by atoms with Crippen molar-refractivity contribution in [2.45, 2.75) is 25.6 Å². The molecule has 1 fully saturated rings. The number of nitrogens with one attached hydrogen (secondary N) is 2. The molecule has 0 saturated carbocycles. The van der Waals surface area contributed by atoms with E-state index in [2.05, 4.69) is 20.6 Å². The number of pyridine rings is 2. The van der Waals surface area contributed by atoms with Gasteiger partial charge >= 0.3 is 12.3 Å². The minimum absolute atomic E-state index is 0.171. The van der Waals surface area contributed by atoms with Gasteiger partial charge in [-0.15, -0.1) is 0 Å². The summed E-state index contributed by atoms with van der Waals surface area (Å²) < 4.78 is 46.1. The molecule has 0 aliphatic carbocycles. The summed E-state index contributed by atoms with van der Waals surface area (Å²) in [5.74, 6) is 0.559. The number of ether oxygens (including phenoxy) is 1. The Kier molecular flexibility index (Phi) is 5.03. The fraction of sp³-hybridized carbons (Fsp3) is 0.421. The lowest BCUT2D eigenvalue weighted by Crippen LogP contribution is -2.44. The largest absolute Gasteiger partial charge is 0.441 e. The third kappa shape index (κ3) is 3.84. The van der Waals surface area contributed by atoms with E-state index in [9.17, 15) is 18.0 Å². The summed E-state index contributed by atoms with van der Waals surface area (Å²) in [6.07, 6.45) is -3.85. The molecule has 2 aliphatic rings. The second-order valence-electron chi connectivity index (χ2n) is 6.88. The average molecular weight is 407 g/mol. The van der Waals surface area contributed by atoms with E-state index in [4.69, 9.17) is 4.74 Å². The van der Waals surface area contributed by atoms with Crippen LogP contribution in [0.25, 0.3) is 11.3 Å². The predicted molar refractivity (Wildman–Crippen MR) is 101 cm³/mol. The number of hydrogen-bond donors (Lipinski definition) is 2. The molecular formula is C19H20F3N5O2. The van der Waals surface area contributed by atoms with Crippen molar-refractivity contribution in [1.82, 2.24) is 15.3 Å². The van der Waals surface area contributed by atoms with E-state index < -0.39 is 23.9 Å². The summed E-state index contributed by atoms with van der Waals surface area (Å²) in [5, 5.41) is 5.69. The van der Waals surface area contributed by atoms with E-state index in [0.717, 1.165) is 12.1 Å². The van der Waals surface area contributed by atoms with Gasteiger partial charge < -0.3 is 15.0 Å². The number of amides is 1. The third-order valence-corrected chi connectivity index (χ3v) is 5.01. The van der Waals surface area contributed by atoms with Gasteiger partial charge in [0, 0.05) is 43.5 Å². The van der Waals surface area contributed by atoms with Crippen LogP contribution in [0.2, 0.25) is 0 Å². The van der Waals surface area contributed by atoms with Gasteiger partial charge in [-0.05, 0) is 24.6 Å². The van der Waals surface area contributed by atoms with E-state index in [1.807, 2.05) is 11.8 Å². The molecule has 2 aromatic heterocycles. The maximum Gasteiger partial charge on any atom is 0.416 e. The zero-order valence-electron chi connectivity index (χ0n) is 15.7. The monoisotopic (exact) mass is 407 g/mol. The Morgan fingerprint density at radius 2 is 2.03 bits per heavy atom. The number of hydrogen-bond acceptors (Lipinski definition) is 6. The highest BCUT2D eigenvalue weighted by Crippen LogP contribution is 2.40. The van der Waals surface area contributed by atoms with Crippen molar-refractivity contribution in [2.75, 3.05) is 36.4 Å². The zero-order valence-corrected chi connectivity index (χ0v) is 15.7. The van der Waals surface area contributed by atoms with Gasteiger partial charge in [0.25, 0.3) is 0 Å². The molecular weight excluding hydrogens is 387 g/mol. The van der Waals surface area contributed by atoms with Crippen LogP contribution >= 0.6 is 0 Å². The number of carbonyl (C=O) groups excluding carboxylic acids is 1. The highest BCUT2D eigenvalue weighted by Gasteiger charge is 2.34. The SMILES string of the molecule is CCC1OC(=O)Nc2nccc(-c3cc(C(F)(F)F)cc(N4CCNCC4)n3)c21. The minimum Gasteiger partial charge on any atom is -0.441 e. The van der Waals surface area contributed by atoms with Crippen LogP contribution < -0.4 is 15.5 Å². The van der Waals surface area contributed by atoms with Crippen LogP contribution in [0.5, 0.6) is 0 Å². The molecule has 7 nitrogen and oxygen atoms in total. The van der Waals surface area contributed by atoms with Crippen LogP contribution in [0.15, 0.2) is 24.4 Å². The van der Waals surface area contributed by atoms with E-state index in [0.29, 0.717) is 43.7 Å². The first-order valence-corrected chi connectivity index (χ1v) is 9.38. The van der Waals surface area contributed by atoms with Gasteiger partial charge in [0.2, 0.25) is 0 Å². The molecule has 4 heterocycles. The summed E-state index contributed by atoms with van der Waals surface area (Å²) in [6, 6.07) is 3.72. The number of piperazine rings is 1. The Morgan fingerprint density at radius 3 is 2.72 bits per heavy atom. The van der Waals surface area contributed by atoms with Crippen molar-refractivity contribution >= 4 is 17.7 Å². The molecule has 1 amide bonds. The van der Waals surface area contributed by atoms with Crippen molar-refractivity contribution in [3.8, 4) is 11.3 Å². The second kappa shape index (κ2) is 7.51. The first-order valence-electron chi connectivity index (χ1n) is 9.38. The lowest BCUT2D eigenvalue weighted by Gasteiger charge is -2.30. The van der Waals surface area contributed by atoms with Crippen LogP contribution in [0.4, 0.5) is 29.6 Å². The summed E-state index contributed by atoms with van der Waals surface area (Å²) in [7, 11) is 0. The Balaban J connectivity index is 1.87. The van der Waals surface area contributed by atoms with Crippen LogP contribution in [0.3, 0.4) is 0 Å². The van der Waals surface area contributed by atoms with Gasteiger partial charge in [0.15, 0.2) is 0 Å². The van der Waals surface area contributed by atoms with Crippen molar-refractivity contribution in [3.05, 3.63) is 35.5 Å². The Morgan fingerprint density at radius 1 is 1.28 bits per heavy atom. The molecule has 1 unspecified atom stereocenters. The number of anilines is 2. The third-order valence-electron chi connectivity index (χ3n) is 5.01. The van der Waals surface area contributed by atoms with Gasteiger partial charge in [-0.1, -0.05) is 6.92 Å². The molecule has 0 spiro atoms. The molecule has 0 aromatic carbocycles. The molecule has 4 rings (SSSR count). The maximum absolute atomic E-state index is 13.6. The molecule has 0 bridgehead atoms. The smallest absolute Gasteiger partial charge is 0.416 e. The summed E-state index contributed by atoms with van der Waals surface area (Å²) in [6.45, 7) is 4.32. The minimum atomic E-state index is -4.51. The highest BCUT2D eigenvalue weighted by atomic mass is 19.4. The molecule has 2 aromatic rings. The number of halogens is 3. The van der Waals surface area contributed by atoms with Crippen molar-refractivity contribution in [3.63, 3.8) is 0 Å². The van der Waals surface area contributed by atoms with Crippen LogP contribution in [-0.4, -0.2) is 42.2 Å². The number of alkyl halides is 3. The number of cyclic esters (lactones) is 1. The van der Waals surface area contributed by atoms with E-state index in [-0.39, 0.29) is 17.3 Å². The number of carbonyl (C=O) groups is 1. The topological polar surface area (TPSA) is 79.4 Å². The summed E-state index contributed by atoms with van der Waals surface area (Å²) in [5.41, 5.74) is 0.401. The summed E-state index contributed by atoms with van der Waals surface area (Å²) >= 11 is 0. The van der Waals surface area contributed by atoms with Crippen molar-refractivity contribution in [2.24, 2.45) is 0 Å². The zero-order chi connectivity index (χ0) is 20.6. The van der Waals surface area contributed by atoms with Crippen LogP contribution in [-0.2, 0) is 10.9 Å². The Labute approximate surface area is 165 Å². The Bertz CT molecular complexity index is 929. The van der Waals surface area contributed by atoms with Gasteiger partial charge in [-0.3, -0.25) is 5.32 Å². The molecule has 29 heavy (non-hydrogen) atoms. The van der Waals surface area contributed by atoms with Gasteiger partial charge in [0.1, 0.15) is 17.7 Å². The molecule has 10 heteroatoms. The number of aromatic nitrogens is 2. The van der Waals surface area contributed by atoms with E-state index in [1.54, 1.807) is 6.07 Å². The first kappa shape index (κ1) is 19.4. The predicted octanol–water partition coefficient (Wildman–Crippen LogP) is 3.59. The number of nitrogens with zero attached hydrogens (tertiary/aromatic N) is 3. The lowest BCUT2D eigenvalue weighted by molar-refractivity contribution is -0.137. The number of rotatable bonds is 3. The molecule has 154 valence electrons. The second-order valence-corrected chi connectivity index (χ2v) is 6.88. The normalized spacial score (nSPS) is 19.4. The molecule has 2 N–H and O–H groups in total. The molecule has 0 radical (unpaired) electrons. The van der Waals surface area contributed by atoms with Crippen LogP contribution in [0.1, 0.15) is 30.6 Å². The molecule has 1 saturated heterocycles. The fourth-order valence-corrected chi connectivity index (χ4v) is 3.60. The highest BCUT2D eigenvalue weighted by molar-refractivity contribution is 5.89. The van der Waals surface area contributed by atoms with Crippen molar-refractivity contribution < 1.29 is 22.7 Å². The van der Waals surface area contributed by atoms with E-state index >= 15 is 0 Å². The first-order chi connectivity index (χ1) is 13.9. The lowest BCUT2D eigenvalue weighted by atomic mass is 9.97. The molecule has 1 atom stereocenters. The van der Waals surface area contributed by atoms with Crippen molar-refractivity contribution in [1.29, 1.82) is 0 Å². The van der Waals surface area contributed by atoms with Crippen LogP contribution in [0, 0.1) is 0 Å². The quantitative estimate of drug-likeness (QED) is 0.810.